The van der Waals surface area contributed by atoms with Gasteiger partial charge in [-0.25, -0.2) is 8.42 Å². The van der Waals surface area contributed by atoms with Gasteiger partial charge in [0.2, 0.25) is 10.4 Å². The molecule has 2 unspecified atom stereocenters. The second-order valence-electron chi connectivity index (χ2n) is 6.30. The van der Waals surface area contributed by atoms with Crippen molar-refractivity contribution in [3.63, 3.8) is 0 Å². The van der Waals surface area contributed by atoms with Crippen molar-refractivity contribution in [3.05, 3.63) is 0 Å². The molecule has 1 N–H and O–H groups in total. The summed E-state index contributed by atoms with van der Waals surface area (Å²) in [6, 6.07) is 0. The van der Waals surface area contributed by atoms with Gasteiger partial charge in [-0.1, -0.05) is 66.2 Å². The van der Waals surface area contributed by atoms with Gasteiger partial charge < -0.3 is 18.5 Å². The molecule has 2 atom stereocenters. The Bertz CT molecular complexity index is 443. The SMILES string of the molecule is CCCCC(CC)COP(=O)([O-])OCC(CC)CCCC.O=S(=O)([O-])O.[Mg+2]. The van der Waals surface area contributed by atoms with Crippen LogP contribution in [0.3, 0.4) is 0 Å². The minimum absolute atomic E-state index is 0. The van der Waals surface area contributed by atoms with E-state index >= 15 is 0 Å². The van der Waals surface area contributed by atoms with E-state index in [1.807, 2.05) is 0 Å². The van der Waals surface area contributed by atoms with Crippen LogP contribution in [0.5, 0.6) is 0 Å². The van der Waals surface area contributed by atoms with Gasteiger partial charge >= 0.3 is 23.1 Å². The van der Waals surface area contributed by atoms with E-state index in [1.54, 1.807) is 0 Å². The topological polar surface area (TPSA) is 136 Å². The van der Waals surface area contributed by atoms with Crippen molar-refractivity contribution in [1.29, 1.82) is 0 Å². The number of hydrogen-bond acceptors (Lipinski definition) is 7. The average molecular weight is 443 g/mol. The maximum atomic E-state index is 11.8. The zero-order chi connectivity index (χ0) is 20.6. The van der Waals surface area contributed by atoms with Crippen molar-refractivity contribution in [3.8, 4) is 0 Å². The smallest absolute Gasteiger partial charge is 0.756 e. The molecule has 0 saturated heterocycles. The van der Waals surface area contributed by atoms with E-state index in [9.17, 15) is 9.46 Å². The van der Waals surface area contributed by atoms with Gasteiger partial charge in [-0.05, 0) is 24.7 Å². The molecular weight excluding hydrogens is 408 g/mol. The molecule has 0 aromatic heterocycles. The van der Waals surface area contributed by atoms with Crippen molar-refractivity contribution in [2.24, 2.45) is 11.8 Å². The van der Waals surface area contributed by atoms with Crippen LogP contribution >= 0.6 is 7.82 Å². The first kappa shape index (κ1) is 32.4. The Morgan fingerprint density at radius 3 is 1.44 bits per heavy atom. The molecule has 0 spiro atoms. The zero-order valence-corrected chi connectivity index (χ0v) is 20.2. The molecule has 0 saturated carbocycles. The van der Waals surface area contributed by atoms with Gasteiger partial charge in [0.25, 0.3) is 7.82 Å². The van der Waals surface area contributed by atoms with E-state index in [4.69, 9.17) is 26.6 Å². The van der Waals surface area contributed by atoms with E-state index < -0.39 is 18.2 Å². The summed E-state index contributed by atoms with van der Waals surface area (Å²) in [5.74, 6) is 0.607. The Morgan fingerprint density at radius 2 is 1.22 bits per heavy atom. The van der Waals surface area contributed by atoms with E-state index in [1.165, 1.54) is 0 Å². The third kappa shape index (κ3) is 26.7. The van der Waals surface area contributed by atoms with Gasteiger partial charge in [0.05, 0.1) is 13.2 Å². The molecule has 0 aliphatic heterocycles. The minimum Gasteiger partial charge on any atom is -0.756 e. The van der Waals surface area contributed by atoms with Gasteiger partial charge in [0.1, 0.15) is 0 Å². The van der Waals surface area contributed by atoms with Gasteiger partial charge in [0, 0.05) is 0 Å². The van der Waals surface area contributed by atoms with Crippen LogP contribution in [-0.2, 0) is 24.0 Å². The Kier molecular flexibility index (Phi) is 22.5. The molecule has 160 valence electrons. The van der Waals surface area contributed by atoms with Crippen LogP contribution in [0.4, 0.5) is 0 Å². The molecular formula is C16H35MgO8PS. The van der Waals surface area contributed by atoms with E-state index in [2.05, 4.69) is 27.7 Å². The van der Waals surface area contributed by atoms with Crippen LogP contribution in [0.25, 0.3) is 0 Å². The number of rotatable bonds is 14. The minimum atomic E-state index is -4.92. The van der Waals surface area contributed by atoms with Gasteiger partial charge in [-0.3, -0.25) is 9.12 Å². The summed E-state index contributed by atoms with van der Waals surface area (Å²) in [5.41, 5.74) is 0. The summed E-state index contributed by atoms with van der Waals surface area (Å²) < 4.78 is 54.7. The first-order chi connectivity index (χ1) is 12.0. The largest absolute Gasteiger partial charge is 2.00 e. The summed E-state index contributed by atoms with van der Waals surface area (Å²) in [4.78, 5) is 11.8. The molecule has 0 aliphatic carbocycles. The molecule has 0 rings (SSSR count). The third-order valence-corrected chi connectivity index (χ3v) is 4.95. The second kappa shape index (κ2) is 18.8. The molecule has 0 radical (unpaired) electrons. The molecule has 0 fully saturated rings. The zero-order valence-electron chi connectivity index (χ0n) is 17.1. The fourth-order valence-electron chi connectivity index (χ4n) is 2.23. The number of hydrogen-bond donors (Lipinski definition) is 1. The normalized spacial score (nSPS) is 15.7. The van der Waals surface area contributed by atoms with Crippen molar-refractivity contribution in [1.82, 2.24) is 0 Å². The van der Waals surface area contributed by atoms with Crippen LogP contribution in [-0.4, -0.2) is 53.8 Å². The summed E-state index contributed by atoms with van der Waals surface area (Å²) >= 11 is 0. The summed E-state index contributed by atoms with van der Waals surface area (Å²) in [6.07, 6.45) is 8.38. The van der Waals surface area contributed by atoms with Crippen molar-refractivity contribution < 1.29 is 36.0 Å². The Hall–Kier alpha value is 0.746. The fourth-order valence-corrected chi connectivity index (χ4v) is 3.09. The summed E-state index contributed by atoms with van der Waals surface area (Å²) in [7, 11) is -9.06. The molecule has 0 amide bonds. The monoisotopic (exact) mass is 442 g/mol. The summed E-state index contributed by atoms with van der Waals surface area (Å²) in [6.45, 7) is 8.91. The molecule has 0 heterocycles. The Labute approximate surface area is 181 Å². The van der Waals surface area contributed by atoms with Crippen LogP contribution in [0.15, 0.2) is 0 Å². The molecule has 0 aliphatic rings. The second-order valence-corrected chi connectivity index (χ2v) is 8.57. The van der Waals surface area contributed by atoms with Crippen LogP contribution in [0.2, 0.25) is 0 Å². The van der Waals surface area contributed by atoms with Gasteiger partial charge in [-0.2, -0.15) is 0 Å². The Balaban J connectivity index is -0.000000844. The van der Waals surface area contributed by atoms with Crippen LogP contribution < -0.4 is 4.89 Å². The van der Waals surface area contributed by atoms with Crippen LogP contribution in [0.1, 0.15) is 79.1 Å². The van der Waals surface area contributed by atoms with E-state index in [0.717, 1.165) is 51.4 Å². The number of phosphoric acid groups is 1. The third-order valence-electron chi connectivity index (χ3n) is 4.02. The van der Waals surface area contributed by atoms with E-state index in [-0.39, 0.29) is 36.3 Å². The van der Waals surface area contributed by atoms with E-state index in [0.29, 0.717) is 11.8 Å². The van der Waals surface area contributed by atoms with Crippen molar-refractivity contribution in [2.75, 3.05) is 13.2 Å². The maximum Gasteiger partial charge on any atom is 2.00 e. The quantitative estimate of drug-likeness (QED) is 0.187. The first-order valence-corrected chi connectivity index (χ1v) is 12.1. The predicted octanol–water partition coefficient (Wildman–Crippen LogP) is 3.54. The van der Waals surface area contributed by atoms with Gasteiger partial charge in [-0.15, -0.1) is 0 Å². The maximum absolute atomic E-state index is 11.8. The first-order valence-electron chi connectivity index (χ1n) is 9.27. The number of phosphoric ester groups is 1. The predicted molar refractivity (Wildman–Crippen MR) is 104 cm³/mol. The fraction of sp³-hybridized carbons (Fsp3) is 1.00. The number of unbranched alkanes of at least 4 members (excludes halogenated alkanes) is 2. The van der Waals surface area contributed by atoms with Gasteiger partial charge in [0.15, 0.2) is 0 Å². The molecule has 27 heavy (non-hydrogen) atoms. The Morgan fingerprint density at radius 1 is 0.926 bits per heavy atom. The standard InChI is InChI=1S/C16H35O4P.Mg.H2O4S/c1-5-9-11-15(7-3)13-19-21(17,18)20-14-16(8-4)12-10-6-2;;1-5(2,3)4/h15-16H,5-14H2,1-4H3,(H,17,18);;(H2,1,2,3,4)/q;+2;/p-2. The molecule has 0 bridgehead atoms. The van der Waals surface area contributed by atoms with Crippen molar-refractivity contribution >= 4 is 41.3 Å². The molecule has 0 aromatic rings. The average Bonchev–Trinajstić information content (AvgIpc) is 2.53. The van der Waals surface area contributed by atoms with Crippen molar-refractivity contribution in [2.45, 2.75) is 79.1 Å². The molecule has 8 nitrogen and oxygen atoms in total. The molecule has 0 aromatic carbocycles. The van der Waals surface area contributed by atoms with Crippen LogP contribution in [0, 0.1) is 11.8 Å². The molecule has 11 heteroatoms. The summed E-state index contributed by atoms with van der Waals surface area (Å²) in [5, 5.41) is 0.